The maximum absolute atomic E-state index is 12.6. The number of anilines is 1. The fraction of sp³-hybridized carbons (Fsp3) is 0.500. The van der Waals surface area contributed by atoms with Crippen LogP contribution >= 0.6 is 0 Å². The minimum Gasteiger partial charge on any atom is -0.461 e. The normalized spacial score (nSPS) is 25.2. The number of benzene rings is 1. The molecule has 4 fully saturated rings. The van der Waals surface area contributed by atoms with E-state index in [9.17, 15) is 4.79 Å². The highest BCUT2D eigenvalue weighted by Gasteiger charge is 2.47. The summed E-state index contributed by atoms with van der Waals surface area (Å²) in [7, 11) is 0. The van der Waals surface area contributed by atoms with Crippen molar-refractivity contribution in [2.75, 3.05) is 50.8 Å². The van der Waals surface area contributed by atoms with Gasteiger partial charge in [-0.15, -0.1) is 0 Å². The van der Waals surface area contributed by atoms with Crippen LogP contribution in [0, 0.1) is 12.5 Å². The molecular weight excluding hydrogens is 538 g/mol. The number of rotatable bonds is 7. The topological polar surface area (TPSA) is 79.1 Å². The van der Waals surface area contributed by atoms with Crippen molar-refractivity contribution in [2.45, 2.75) is 56.0 Å². The van der Waals surface area contributed by atoms with Gasteiger partial charge in [-0.25, -0.2) is 6.57 Å². The Labute approximate surface area is 252 Å². The van der Waals surface area contributed by atoms with E-state index in [1.807, 2.05) is 6.20 Å². The zero-order valence-corrected chi connectivity index (χ0v) is 24.5. The molecule has 3 saturated heterocycles. The lowest BCUT2D eigenvalue weighted by Gasteiger charge is -2.39. The van der Waals surface area contributed by atoms with Crippen LogP contribution in [-0.4, -0.2) is 88.1 Å². The molecule has 9 nitrogen and oxygen atoms in total. The first-order valence-corrected chi connectivity index (χ1v) is 15.8. The quantitative estimate of drug-likeness (QED) is 0.304. The Hall–Kier alpha value is -4.03. The van der Waals surface area contributed by atoms with Crippen molar-refractivity contribution in [1.82, 2.24) is 24.8 Å². The van der Waals surface area contributed by atoms with Crippen molar-refractivity contribution in [3.8, 4) is 17.1 Å². The number of fused-ring (bicyclic) bond motifs is 5. The van der Waals surface area contributed by atoms with E-state index >= 15 is 0 Å². The summed E-state index contributed by atoms with van der Waals surface area (Å²) in [5.74, 6) is 2.05. The number of nitrogens with zero attached hydrogens (tertiary/aromatic N) is 7. The van der Waals surface area contributed by atoms with Gasteiger partial charge in [-0.05, 0) is 92.3 Å². The highest BCUT2D eigenvalue weighted by atomic mass is 16.5. The second kappa shape index (κ2) is 10.3. The van der Waals surface area contributed by atoms with Crippen molar-refractivity contribution in [3.05, 3.63) is 65.7 Å². The first-order valence-electron chi connectivity index (χ1n) is 15.8. The summed E-state index contributed by atoms with van der Waals surface area (Å²) < 4.78 is 6.48. The summed E-state index contributed by atoms with van der Waals surface area (Å²) in [6.45, 7) is 15.8. The molecule has 8 rings (SSSR count). The molecule has 0 N–H and O–H groups in total. The largest absolute Gasteiger partial charge is 0.461 e. The van der Waals surface area contributed by atoms with Gasteiger partial charge < -0.3 is 19.4 Å². The Bertz CT molecular complexity index is 1650. The zero-order valence-electron chi connectivity index (χ0n) is 24.5. The number of hydrogen-bond acceptors (Lipinski definition) is 7. The standard InChI is InChI=1S/C34H37N7O2/c1-3-29(42)41-14-13-39(20-25(41)19-35-2)32-31-28(37-33(38-32)43-21-34-9-5-11-40(34)12-6-10-34)17-24(18-36-31)26-8-4-7-22-15-23-16-27(23)30(22)26/h3-4,7-8,17-18,23,25,27H,1,5-6,9-16,19-21H2/t23-,25-,27+/m0/s1. The monoisotopic (exact) mass is 575 g/mol. The zero-order chi connectivity index (χ0) is 29.1. The van der Waals surface area contributed by atoms with Crippen molar-refractivity contribution < 1.29 is 9.53 Å². The van der Waals surface area contributed by atoms with E-state index < -0.39 is 0 Å². The number of carbonyl (C=O) groups excluding carboxylic acids is 1. The molecule has 0 spiro atoms. The average Bonchev–Trinajstić information content (AvgIpc) is 3.32. The molecule has 220 valence electrons. The third-order valence-corrected chi connectivity index (χ3v) is 10.6. The SMILES string of the molecule is [C-]#[N+]C[C@H]1CN(c2nc(OCC34CCCN3CCC4)nc3cc(-c4cccc5c4[C@@H]4C[C@@H]4C5)cnc23)CCN1C(=O)C=C. The van der Waals surface area contributed by atoms with Crippen LogP contribution in [-0.2, 0) is 11.2 Å². The maximum atomic E-state index is 12.6. The lowest BCUT2D eigenvalue weighted by atomic mass is 9.95. The summed E-state index contributed by atoms with van der Waals surface area (Å²) >= 11 is 0. The molecule has 2 aromatic heterocycles. The van der Waals surface area contributed by atoms with Gasteiger partial charge in [0.15, 0.2) is 5.82 Å². The molecule has 0 bridgehead atoms. The number of carbonyl (C=O) groups is 1. The number of pyridine rings is 1. The van der Waals surface area contributed by atoms with Crippen LogP contribution in [0.25, 0.3) is 27.0 Å². The van der Waals surface area contributed by atoms with E-state index in [4.69, 9.17) is 26.3 Å². The minimum absolute atomic E-state index is 0.0847. The van der Waals surface area contributed by atoms with Crippen molar-refractivity contribution >= 4 is 22.8 Å². The Morgan fingerprint density at radius 1 is 1.19 bits per heavy atom. The smallest absolute Gasteiger partial charge is 0.319 e. The van der Waals surface area contributed by atoms with Gasteiger partial charge in [0, 0.05) is 31.4 Å². The lowest BCUT2D eigenvalue weighted by molar-refractivity contribution is -0.128. The molecular formula is C34H37N7O2. The van der Waals surface area contributed by atoms with E-state index in [0.29, 0.717) is 44.0 Å². The average molecular weight is 576 g/mol. The van der Waals surface area contributed by atoms with Gasteiger partial charge in [0.1, 0.15) is 18.2 Å². The van der Waals surface area contributed by atoms with E-state index in [-0.39, 0.29) is 24.0 Å². The van der Waals surface area contributed by atoms with Gasteiger partial charge in [-0.1, -0.05) is 24.8 Å². The van der Waals surface area contributed by atoms with Gasteiger partial charge in [-0.2, -0.15) is 9.97 Å². The molecule has 43 heavy (non-hydrogen) atoms. The second-order valence-electron chi connectivity index (χ2n) is 13.0. The summed E-state index contributed by atoms with van der Waals surface area (Å²) in [5.41, 5.74) is 6.88. The predicted molar refractivity (Wildman–Crippen MR) is 165 cm³/mol. The Morgan fingerprint density at radius 3 is 2.86 bits per heavy atom. The van der Waals surface area contributed by atoms with E-state index in [1.165, 1.54) is 48.4 Å². The number of amides is 1. The minimum atomic E-state index is -0.256. The Kier molecular flexibility index (Phi) is 6.37. The molecule has 3 atom stereocenters. The number of ether oxygens (including phenoxy) is 1. The van der Waals surface area contributed by atoms with Gasteiger partial charge >= 0.3 is 6.01 Å². The number of piperazine rings is 1. The highest BCUT2D eigenvalue weighted by Crippen LogP contribution is 2.58. The molecule has 2 aliphatic carbocycles. The molecule has 9 heteroatoms. The fourth-order valence-corrected chi connectivity index (χ4v) is 8.38. The van der Waals surface area contributed by atoms with Gasteiger partial charge in [0.05, 0.1) is 11.1 Å². The van der Waals surface area contributed by atoms with Crippen LogP contribution in [0.2, 0.25) is 0 Å². The molecule has 1 aromatic carbocycles. The maximum Gasteiger partial charge on any atom is 0.319 e. The van der Waals surface area contributed by atoms with Crippen molar-refractivity contribution in [1.29, 1.82) is 0 Å². The molecule has 5 heterocycles. The third-order valence-electron chi connectivity index (χ3n) is 10.6. The van der Waals surface area contributed by atoms with Crippen molar-refractivity contribution in [2.24, 2.45) is 5.92 Å². The fourth-order valence-electron chi connectivity index (χ4n) is 8.38. The van der Waals surface area contributed by atoms with Gasteiger partial charge in [-0.3, -0.25) is 14.7 Å². The van der Waals surface area contributed by atoms with E-state index in [1.54, 1.807) is 4.90 Å². The number of hydrogen-bond donors (Lipinski definition) is 0. The van der Waals surface area contributed by atoms with Crippen LogP contribution in [0.1, 0.15) is 49.1 Å². The molecule has 1 saturated carbocycles. The summed E-state index contributed by atoms with van der Waals surface area (Å²) in [4.78, 5) is 37.6. The van der Waals surface area contributed by atoms with Crippen LogP contribution in [0.5, 0.6) is 6.01 Å². The van der Waals surface area contributed by atoms with Gasteiger partial charge in [0.2, 0.25) is 12.5 Å². The van der Waals surface area contributed by atoms with E-state index in [2.05, 4.69) is 45.5 Å². The van der Waals surface area contributed by atoms with Crippen LogP contribution in [0.15, 0.2) is 43.1 Å². The lowest BCUT2D eigenvalue weighted by Crippen LogP contribution is -2.56. The van der Waals surface area contributed by atoms with Crippen LogP contribution < -0.4 is 9.64 Å². The molecule has 1 amide bonds. The molecule has 3 aromatic rings. The first kappa shape index (κ1) is 26.6. The van der Waals surface area contributed by atoms with Crippen LogP contribution in [0.4, 0.5) is 5.82 Å². The number of aromatic nitrogens is 3. The summed E-state index contributed by atoms with van der Waals surface area (Å²) in [5, 5.41) is 0. The van der Waals surface area contributed by atoms with Gasteiger partial charge in [0.25, 0.3) is 0 Å². The van der Waals surface area contributed by atoms with Crippen molar-refractivity contribution in [3.63, 3.8) is 0 Å². The summed E-state index contributed by atoms with van der Waals surface area (Å²) in [6, 6.07) is 8.93. The third kappa shape index (κ3) is 4.46. The molecule has 0 radical (unpaired) electrons. The molecule has 3 aliphatic heterocycles. The predicted octanol–water partition coefficient (Wildman–Crippen LogP) is 4.48. The molecule has 0 unspecified atom stereocenters. The first-order chi connectivity index (χ1) is 21.1. The van der Waals surface area contributed by atoms with Crippen LogP contribution in [0.3, 0.4) is 0 Å². The second-order valence-corrected chi connectivity index (χ2v) is 13.0. The highest BCUT2D eigenvalue weighted by molar-refractivity contribution is 5.90. The Balaban J connectivity index is 1.18. The Morgan fingerprint density at radius 2 is 2.05 bits per heavy atom. The molecule has 5 aliphatic rings. The summed E-state index contributed by atoms with van der Waals surface area (Å²) in [6.07, 6.45) is 10.5. The van der Waals surface area contributed by atoms with E-state index in [0.717, 1.165) is 48.4 Å².